The number of nitrogens with one attached hydrogen (secondary N) is 1. The molecule has 1 heterocycles. The molecule has 0 saturated heterocycles. The summed E-state index contributed by atoms with van der Waals surface area (Å²) in [6.07, 6.45) is 13.3. The Kier molecular flexibility index (Phi) is 2.13. The molecular weight excluding hydrogens is 160 g/mol. The summed E-state index contributed by atoms with van der Waals surface area (Å²) in [5.41, 5.74) is 2.24. The normalized spacial score (nSPS) is 15.6. The van der Waals surface area contributed by atoms with Crippen molar-refractivity contribution in [3.8, 4) is 0 Å². The van der Waals surface area contributed by atoms with Gasteiger partial charge in [-0.25, -0.2) is 4.98 Å². The van der Waals surface area contributed by atoms with E-state index in [2.05, 4.69) is 40.3 Å². The predicted octanol–water partition coefficient (Wildman–Crippen LogP) is 2.62. The Labute approximate surface area is 77.7 Å². The van der Waals surface area contributed by atoms with Crippen LogP contribution in [0, 0.1) is 6.92 Å². The van der Waals surface area contributed by atoms with Crippen LogP contribution in [0.4, 0.5) is 0 Å². The van der Waals surface area contributed by atoms with Crippen LogP contribution in [0.5, 0.6) is 0 Å². The monoisotopic (exact) mass is 172 g/mol. The van der Waals surface area contributed by atoms with Gasteiger partial charge in [-0.2, -0.15) is 0 Å². The number of hydrogen-bond donors (Lipinski definition) is 1. The minimum Gasteiger partial charge on any atom is -0.342 e. The molecule has 0 saturated carbocycles. The van der Waals surface area contributed by atoms with Gasteiger partial charge < -0.3 is 4.98 Å². The Morgan fingerprint density at radius 2 is 2.31 bits per heavy atom. The van der Waals surface area contributed by atoms with E-state index in [1.165, 1.54) is 0 Å². The highest BCUT2D eigenvalue weighted by atomic mass is 14.9. The van der Waals surface area contributed by atoms with Gasteiger partial charge in [0.1, 0.15) is 5.82 Å². The molecule has 0 bridgehead atoms. The number of imidazole rings is 1. The van der Waals surface area contributed by atoms with Crippen LogP contribution in [0.3, 0.4) is 0 Å². The lowest BCUT2D eigenvalue weighted by Gasteiger charge is -1.93. The molecule has 0 radical (unpaired) electrons. The van der Waals surface area contributed by atoms with Crippen LogP contribution in [-0.4, -0.2) is 9.97 Å². The lowest BCUT2D eigenvalue weighted by atomic mass is 10.2. The van der Waals surface area contributed by atoms with Crippen molar-refractivity contribution in [1.82, 2.24) is 9.97 Å². The van der Waals surface area contributed by atoms with Crippen LogP contribution in [0.15, 0.2) is 36.6 Å². The van der Waals surface area contributed by atoms with Gasteiger partial charge in [0.15, 0.2) is 0 Å². The molecule has 0 spiro atoms. The van der Waals surface area contributed by atoms with Gasteiger partial charge in [-0.1, -0.05) is 30.4 Å². The summed E-state index contributed by atoms with van der Waals surface area (Å²) in [6, 6.07) is 0. The lowest BCUT2D eigenvalue weighted by molar-refractivity contribution is 1.21. The van der Waals surface area contributed by atoms with Crippen LogP contribution in [-0.2, 0) is 0 Å². The Balaban J connectivity index is 2.35. The molecule has 2 nitrogen and oxygen atoms in total. The minimum absolute atomic E-state index is 0.945. The van der Waals surface area contributed by atoms with E-state index in [4.69, 9.17) is 0 Å². The fourth-order valence-corrected chi connectivity index (χ4v) is 1.30. The third-order valence-electron chi connectivity index (χ3n) is 1.96. The van der Waals surface area contributed by atoms with E-state index in [0.717, 1.165) is 23.5 Å². The molecule has 1 aromatic rings. The third kappa shape index (κ3) is 1.78. The van der Waals surface area contributed by atoms with Gasteiger partial charge in [-0.05, 0) is 13.3 Å². The lowest BCUT2D eigenvalue weighted by Crippen LogP contribution is -1.83. The van der Waals surface area contributed by atoms with Gasteiger partial charge in [-0.15, -0.1) is 0 Å². The fraction of sp³-hybridized carbons (Fsp3) is 0.182. The molecule has 1 N–H and O–H groups in total. The minimum atomic E-state index is 0.945. The summed E-state index contributed by atoms with van der Waals surface area (Å²) in [5, 5.41) is 0. The molecule has 0 unspecified atom stereocenters. The molecule has 1 aliphatic rings. The predicted molar refractivity (Wildman–Crippen MR) is 54.2 cm³/mol. The Morgan fingerprint density at radius 3 is 3.08 bits per heavy atom. The first-order chi connectivity index (χ1) is 6.36. The second kappa shape index (κ2) is 3.44. The topological polar surface area (TPSA) is 28.7 Å². The average Bonchev–Trinajstić information content (AvgIpc) is 2.43. The number of H-pyrrole nitrogens is 1. The molecule has 0 amide bonds. The highest BCUT2D eigenvalue weighted by Gasteiger charge is 2.01. The maximum atomic E-state index is 4.27. The number of aryl methyl sites for hydroxylation is 1. The number of allylic oxidation sites excluding steroid dienone is 6. The van der Waals surface area contributed by atoms with Gasteiger partial charge >= 0.3 is 0 Å². The standard InChI is InChI=1S/C11H12N2/c1-9-8-12-11(13-9)10-6-4-2-3-5-7-10/h2,4-8H,3H2,1H3,(H,12,13). The van der Waals surface area contributed by atoms with Crippen molar-refractivity contribution >= 4 is 5.57 Å². The summed E-state index contributed by atoms with van der Waals surface area (Å²) in [4.78, 5) is 7.48. The maximum absolute atomic E-state index is 4.27. The van der Waals surface area contributed by atoms with Crippen molar-refractivity contribution in [3.63, 3.8) is 0 Å². The van der Waals surface area contributed by atoms with Crippen LogP contribution in [0.25, 0.3) is 5.57 Å². The van der Waals surface area contributed by atoms with Crippen LogP contribution >= 0.6 is 0 Å². The molecule has 2 rings (SSSR count). The first-order valence-corrected chi connectivity index (χ1v) is 4.41. The van der Waals surface area contributed by atoms with E-state index in [-0.39, 0.29) is 0 Å². The summed E-state index contributed by atoms with van der Waals surface area (Å²) in [5.74, 6) is 0.945. The number of nitrogens with zero attached hydrogens (tertiary/aromatic N) is 1. The Bertz CT molecular complexity index is 381. The molecule has 0 aliphatic heterocycles. The summed E-state index contributed by atoms with van der Waals surface area (Å²) in [7, 11) is 0. The van der Waals surface area contributed by atoms with E-state index in [9.17, 15) is 0 Å². The largest absolute Gasteiger partial charge is 0.342 e. The molecule has 0 atom stereocenters. The SMILES string of the molecule is Cc1cnc(C2=CC=CCC=C2)[nH]1. The molecule has 1 aliphatic carbocycles. The maximum Gasteiger partial charge on any atom is 0.137 e. The fourth-order valence-electron chi connectivity index (χ4n) is 1.30. The quantitative estimate of drug-likeness (QED) is 0.693. The number of aromatic amines is 1. The average molecular weight is 172 g/mol. The number of hydrogen-bond acceptors (Lipinski definition) is 1. The Morgan fingerprint density at radius 1 is 1.38 bits per heavy atom. The van der Waals surface area contributed by atoms with E-state index in [0.29, 0.717) is 0 Å². The van der Waals surface area contributed by atoms with Gasteiger partial charge in [0, 0.05) is 17.5 Å². The van der Waals surface area contributed by atoms with E-state index >= 15 is 0 Å². The third-order valence-corrected chi connectivity index (χ3v) is 1.96. The molecule has 1 aromatic heterocycles. The van der Waals surface area contributed by atoms with Crippen LogP contribution in [0.1, 0.15) is 17.9 Å². The van der Waals surface area contributed by atoms with E-state index < -0.39 is 0 Å². The van der Waals surface area contributed by atoms with E-state index in [1.807, 2.05) is 13.1 Å². The highest BCUT2D eigenvalue weighted by Crippen LogP contribution is 2.14. The van der Waals surface area contributed by atoms with Crippen molar-refractivity contribution in [3.05, 3.63) is 48.1 Å². The van der Waals surface area contributed by atoms with E-state index in [1.54, 1.807) is 0 Å². The van der Waals surface area contributed by atoms with Crippen molar-refractivity contribution in [2.45, 2.75) is 13.3 Å². The van der Waals surface area contributed by atoms with Gasteiger partial charge in [0.05, 0.1) is 0 Å². The first kappa shape index (κ1) is 8.05. The molecular formula is C11H12N2. The molecule has 0 fully saturated rings. The molecule has 66 valence electrons. The summed E-state index contributed by atoms with van der Waals surface area (Å²) in [6.45, 7) is 2.01. The smallest absolute Gasteiger partial charge is 0.137 e. The summed E-state index contributed by atoms with van der Waals surface area (Å²) >= 11 is 0. The highest BCUT2D eigenvalue weighted by molar-refractivity contribution is 5.71. The Hall–Kier alpha value is -1.57. The first-order valence-electron chi connectivity index (χ1n) is 4.41. The number of aromatic nitrogens is 2. The zero-order chi connectivity index (χ0) is 9.10. The second-order valence-electron chi connectivity index (χ2n) is 3.10. The zero-order valence-corrected chi connectivity index (χ0v) is 7.62. The van der Waals surface area contributed by atoms with Crippen LogP contribution < -0.4 is 0 Å². The van der Waals surface area contributed by atoms with Gasteiger partial charge in [0.2, 0.25) is 0 Å². The number of rotatable bonds is 1. The van der Waals surface area contributed by atoms with Crippen molar-refractivity contribution in [1.29, 1.82) is 0 Å². The van der Waals surface area contributed by atoms with Gasteiger partial charge in [-0.3, -0.25) is 0 Å². The molecule has 13 heavy (non-hydrogen) atoms. The van der Waals surface area contributed by atoms with Gasteiger partial charge in [0.25, 0.3) is 0 Å². The van der Waals surface area contributed by atoms with Crippen LogP contribution in [0.2, 0.25) is 0 Å². The summed E-state index contributed by atoms with van der Waals surface area (Å²) < 4.78 is 0. The van der Waals surface area contributed by atoms with Crippen molar-refractivity contribution in [2.24, 2.45) is 0 Å². The molecule has 2 heteroatoms. The second-order valence-corrected chi connectivity index (χ2v) is 3.10. The zero-order valence-electron chi connectivity index (χ0n) is 7.62. The van der Waals surface area contributed by atoms with Crippen molar-refractivity contribution < 1.29 is 0 Å². The molecule has 0 aromatic carbocycles. The van der Waals surface area contributed by atoms with Crippen molar-refractivity contribution in [2.75, 3.05) is 0 Å².